The van der Waals surface area contributed by atoms with E-state index in [0.717, 1.165) is 27.1 Å². The predicted octanol–water partition coefficient (Wildman–Crippen LogP) is 7.02. The van der Waals surface area contributed by atoms with Crippen LogP contribution in [-0.2, 0) is 6.18 Å². The Morgan fingerprint density at radius 1 is 0.667 bits per heavy atom. The second kappa shape index (κ2) is 5.43. The molecule has 1 heterocycles. The Morgan fingerprint density at radius 3 is 1.81 bits per heavy atom. The van der Waals surface area contributed by atoms with Crippen molar-refractivity contribution in [1.29, 1.82) is 0 Å². The Hall–Kier alpha value is -3.14. The maximum Gasteiger partial charge on any atom is 0.434 e. The Kier molecular flexibility index (Phi) is 3.23. The molecule has 0 saturated carbocycles. The molecule has 5 aromatic rings. The summed E-state index contributed by atoms with van der Waals surface area (Å²) in [4.78, 5) is 4.05. The lowest BCUT2D eigenvalue weighted by Gasteiger charge is -2.17. The topological polar surface area (TPSA) is 12.9 Å². The second-order valence-corrected chi connectivity index (χ2v) is 6.82. The zero-order valence-electron chi connectivity index (χ0n) is 14.4. The van der Waals surface area contributed by atoms with Crippen molar-refractivity contribution >= 4 is 43.2 Å². The fraction of sp³-hybridized carbons (Fsp3) is 0.0870. The van der Waals surface area contributed by atoms with E-state index in [9.17, 15) is 13.2 Å². The summed E-state index contributed by atoms with van der Waals surface area (Å²) >= 11 is 0. The highest BCUT2D eigenvalue weighted by Gasteiger charge is 2.36. The molecule has 1 nitrogen and oxygen atoms in total. The molecule has 1 aromatic heterocycles. The molecule has 0 unspecified atom stereocenters. The quantitative estimate of drug-likeness (QED) is 0.270. The molecule has 4 heteroatoms. The molecule has 0 spiro atoms. The molecule has 0 N–H and O–H groups in total. The Bertz CT molecular complexity index is 1370. The summed E-state index contributed by atoms with van der Waals surface area (Å²) in [7, 11) is 0. The molecule has 0 aliphatic rings. The van der Waals surface area contributed by atoms with Crippen LogP contribution in [0.15, 0.2) is 66.7 Å². The summed E-state index contributed by atoms with van der Waals surface area (Å²) in [6, 6.07) is 20.3. The van der Waals surface area contributed by atoms with E-state index < -0.39 is 11.9 Å². The predicted molar refractivity (Wildman–Crippen MR) is 104 cm³/mol. The van der Waals surface area contributed by atoms with Crippen LogP contribution >= 0.6 is 0 Å². The summed E-state index contributed by atoms with van der Waals surface area (Å²) in [5.74, 6) is 0. The fourth-order valence-electron chi connectivity index (χ4n) is 4.00. The van der Waals surface area contributed by atoms with Crippen LogP contribution in [0.3, 0.4) is 0 Å². The third-order valence-electron chi connectivity index (χ3n) is 5.09. The first-order valence-electron chi connectivity index (χ1n) is 8.66. The van der Waals surface area contributed by atoms with E-state index in [1.54, 1.807) is 24.3 Å². The first-order valence-corrected chi connectivity index (χ1v) is 8.66. The molecule has 0 saturated heterocycles. The van der Waals surface area contributed by atoms with E-state index >= 15 is 0 Å². The van der Waals surface area contributed by atoms with Crippen molar-refractivity contribution in [2.24, 2.45) is 0 Å². The van der Waals surface area contributed by atoms with Gasteiger partial charge in [0.2, 0.25) is 0 Å². The van der Waals surface area contributed by atoms with E-state index in [-0.39, 0.29) is 5.39 Å². The number of halogens is 3. The van der Waals surface area contributed by atoms with Gasteiger partial charge < -0.3 is 0 Å². The Labute approximate surface area is 153 Å². The van der Waals surface area contributed by atoms with Crippen molar-refractivity contribution < 1.29 is 13.2 Å². The van der Waals surface area contributed by atoms with Crippen LogP contribution in [-0.4, -0.2) is 4.98 Å². The third-order valence-corrected chi connectivity index (χ3v) is 5.09. The van der Waals surface area contributed by atoms with Gasteiger partial charge in [0.1, 0.15) is 0 Å². The summed E-state index contributed by atoms with van der Waals surface area (Å²) in [6.07, 6.45) is -4.54. The van der Waals surface area contributed by atoms with Crippen molar-refractivity contribution in [3.8, 4) is 0 Å². The van der Waals surface area contributed by atoms with Gasteiger partial charge in [-0.25, -0.2) is 4.98 Å². The smallest absolute Gasteiger partial charge is 0.243 e. The Morgan fingerprint density at radius 2 is 1.22 bits per heavy atom. The van der Waals surface area contributed by atoms with Gasteiger partial charge in [-0.15, -0.1) is 0 Å². The number of aromatic nitrogens is 1. The average Bonchev–Trinajstić information content (AvgIpc) is 2.66. The number of nitrogens with zero attached hydrogens (tertiary/aromatic N) is 1. The van der Waals surface area contributed by atoms with Gasteiger partial charge in [0, 0.05) is 16.2 Å². The largest absolute Gasteiger partial charge is 0.434 e. The van der Waals surface area contributed by atoms with Gasteiger partial charge in [0.05, 0.1) is 5.52 Å². The zero-order valence-corrected chi connectivity index (χ0v) is 14.4. The molecule has 132 valence electrons. The van der Waals surface area contributed by atoms with Crippen LogP contribution in [0.2, 0.25) is 0 Å². The van der Waals surface area contributed by atoms with Crippen LogP contribution in [0.1, 0.15) is 11.3 Å². The lowest BCUT2D eigenvalue weighted by atomic mass is 9.91. The summed E-state index contributed by atoms with van der Waals surface area (Å²) in [5.41, 5.74) is 0.527. The summed E-state index contributed by atoms with van der Waals surface area (Å²) in [5, 5.41) is 4.69. The third kappa shape index (κ3) is 2.29. The van der Waals surface area contributed by atoms with E-state index in [0.29, 0.717) is 16.3 Å². The van der Waals surface area contributed by atoms with Gasteiger partial charge in [-0.1, -0.05) is 60.2 Å². The maximum absolute atomic E-state index is 14.0. The number of alkyl halides is 3. The van der Waals surface area contributed by atoms with E-state index in [1.165, 1.54) is 0 Å². The van der Waals surface area contributed by atoms with E-state index in [2.05, 4.69) is 4.98 Å². The molecule has 0 bridgehead atoms. The second-order valence-electron chi connectivity index (χ2n) is 6.82. The first kappa shape index (κ1) is 16.1. The van der Waals surface area contributed by atoms with Crippen molar-refractivity contribution in [2.45, 2.75) is 13.1 Å². The number of fused-ring (bicyclic) bond motifs is 8. The number of pyridine rings is 1. The monoisotopic (exact) mass is 361 g/mol. The molecule has 4 aromatic carbocycles. The number of hydrogen-bond donors (Lipinski definition) is 0. The number of rotatable bonds is 0. The average molecular weight is 361 g/mol. The van der Waals surface area contributed by atoms with Gasteiger partial charge in [0.25, 0.3) is 0 Å². The molecule has 0 aliphatic heterocycles. The van der Waals surface area contributed by atoms with Crippen molar-refractivity contribution in [2.75, 3.05) is 0 Å². The van der Waals surface area contributed by atoms with Crippen LogP contribution in [0.25, 0.3) is 43.2 Å². The van der Waals surface area contributed by atoms with Crippen molar-refractivity contribution in [3.05, 3.63) is 78.0 Å². The van der Waals surface area contributed by atoms with Gasteiger partial charge in [0.15, 0.2) is 5.69 Å². The van der Waals surface area contributed by atoms with Gasteiger partial charge in [-0.3, -0.25) is 0 Å². The molecule has 0 radical (unpaired) electrons. The SMILES string of the molecule is Cc1ccc2nc(C(F)(F)F)c3c4ccccc4c4ccccc4c3c2c1. The standard InChI is InChI=1S/C23H14F3N/c1-13-10-11-19-18(12-13)20-16-8-4-2-6-14(16)15-7-3-5-9-17(15)21(20)22(27-19)23(24,25)26/h2-12H,1H3. The molecule has 27 heavy (non-hydrogen) atoms. The van der Waals surface area contributed by atoms with Crippen LogP contribution in [0.5, 0.6) is 0 Å². The summed E-state index contributed by atoms with van der Waals surface area (Å²) in [6.45, 7) is 1.94. The van der Waals surface area contributed by atoms with Crippen molar-refractivity contribution in [1.82, 2.24) is 4.98 Å². The highest BCUT2D eigenvalue weighted by atomic mass is 19.4. The highest BCUT2D eigenvalue weighted by Crippen LogP contribution is 2.44. The zero-order chi connectivity index (χ0) is 18.8. The summed E-state index contributed by atoms with van der Waals surface area (Å²) < 4.78 is 42.0. The van der Waals surface area contributed by atoms with E-state index in [4.69, 9.17) is 0 Å². The minimum atomic E-state index is -4.54. The minimum Gasteiger partial charge on any atom is -0.243 e. The highest BCUT2D eigenvalue weighted by molar-refractivity contribution is 6.31. The number of benzene rings is 4. The normalized spacial score (nSPS) is 12.4. The molecule has 0 aliphatic carbocycles. The fourth-order valence-corrected chi connectivity index (χ4v) is 4.00. The molecule has 0 fully saturated rings. The number of hydrogen-bond acceptors (Lipinski definition) is 1. The molecule has 0 atom stereocenters. The van der Waals surface area contributed by atoms with Crippen LogP contribution in [0.4, 0.5) is 13.2 Å². The van der Waals surface area contributed by atoms with Crippen molar-refractivity contribution in [3.63, 3.8) is 0 Å². The lowest BCUT2D eigenvalue weighted by molar-refractivity contribution is -0.139. The maximum atomic E-state index is 14.0. The van der Waals surface area contributed by atoms with E-state index in [1.807, 2.05) is 49.4 Å². The molecular formula is C23H14F3N. The Balaban J connectivity index is 2.24. The first-order chi connectivity index (χ1) is 12.9. The number of aryl methyl sites for hydroxylation is 1. The van der Waals surface area contributed by atoms with Crippen LogP contribution in [0, 0.1) is 6.92 Å². The van der Waals surface area contributed by atoms with Gasteiger partial charge in [-0.2, -0.15) is 13.2 Å². The molecule has 5 rings (SSSR count). The lowest BCUT2D eigenvalue weighted by Crippen LogP contribution is -2.09. The van der Waals surface area contributed by atoms with Gasteiger partial charge >= 0.3 is 6.18 Å². The van der Waals surface area contributed by atoms with Crippen LogP contribution < -0.4 is 0 Å². The molecule has 0 amide bonds. The van der Waals surface area contributed by atoms with Gasteiger partial charge in [-0.05, 0) is 40.6 Å². The minimum absolute atomic E-state index is 0.176. The molecular weight excluding hydrogens is 347 g/mol.